The second-order valence-electron chi connectivity index (χ2n) is 11.6. The van der Waals surface area contributed by atoms with E-state index in [1.54, 1.807) is 0 Å². The lowest BCUT2D eigenvalue weighted by Gasteiger charge is -2.35. The Bertz CT molecular complexity index is 840. The molecule has 0 N–H and O–H groups in total. The molecular formula is C37H54IP. The minimum Gasteiger partial charge on any atom is -0.138 e. The van der Waals surface area contributed by atoms with Gasteiger partial charge < -0.3 is 0 Å². The van der Waals surface area contributed by atoms with Gasteiger partial charge in [0.05, 0.1) is 0 Å². The zero-order valence-corrected chi connectivity index (χ0v) is 27.9. The molecule has 0 spiro atoms. The molecule has 0 radical (unpaired) electrons. The predicted molar refractivity (Wildman–Crippen MR) is 188 cm³/mol. The molecule has 0 fully saturated rings. The van der Waals surface area contributed by atoms with Gasteiger partial charge in [-0.1, -0.05) is 168 Å². The lowest BCUT2D eigenvalue weighted by atomic mass is 9.69. The highest BCUT2D eigenvalue weighted by molar-refractivity contribution is 14.0. The average Bonchev–Trinajstić information content (AvgIpc) is 2.95. The van der Waals surface area contributed by atoms with Crippen LogP contribution in [0.4, 0.5) is 0 Å². The van der Waals surface area contributed by atoms with Crippen LogP contribution in [0.25, 0.3) is 0 Å². The fourth-order valence-corrected chi connectivity index (χ4v) is 6.42. The normalized spacial score (nSPS) is 11.3. The van der Waals surface area contributed by atoms with E-state index in [0.29, 0.717) is 0 Å². The average molecular weight is 657 g/mol. The van der Waals surface area contributed by atoms with Crippen molar-refractivity contribution in [3.63, 3.8) is 0 Å². The summed E-state index contributed by atoms with van der Waals surface area (Å²) in [6.07, 6.45) is 24.4. The monoisotopic (exact) mass is 656 g/mol. The van der Waals surface area contributed by atoms with Crippen LogP contribution in [-0.4, -0.2) is 6.16 Å². The Labute approximate surface area is 260 Å². The van der Waals surface area contributed by atoms with Crippen molar-refractivity contribution in [2.24, 2.45) is 5.41 Å². The second-order valence-corrected chi connectivity index (χ2v) is 12.2. The van der Waals surface area contributed by atoms with Crippen molar-refractivity contribution in [3.05, 3.63) is 108 Å². The maximum Gasteiger partial charge on any atom is -0.0176 e. The Balaban J connectivity index is 0.00000533. The minimum atomic E-state index is 0. The summed E-state index contributed by atoms with van der Waals surface area (Å²) in [6.45, 7) is 0. The van der Waals surface area contributed by atoms with E-state index >= 15 is 0 Å². The van der Waals surface area contributed by atoms with Gasteiger partial charge in [-0.15, -0.1) is 33.2 Å². The van der Waals surface area contributed by atoms with Crippen molar-refractivity contribution >= 4 is 33.2 Å². The molecule has 214 valence electrons. The lowest BCUT2D eigenvalue weighted by molar-refractivity contribution is 0.243. The van der Waals surface area contributed by atoms with E-state index in [4.69, 9.17) is 0 Å². The van der Waals surface area contributed by atoms with E-state index < -0.39 is 0 Å². The molecular weight excluding hydrogens is 602 g/mol. The van der Waals surface area contributed by atoms with Crippen molar-refractivity contribution < 1.29 is 0 Å². The van der Waals surface area contributed by atoms with Crippen molar-refractivity contribution in [2.75, 3.05) is 6.16 Å². The Morgan fingerprint density at radius 3 is 0.974 bits per heavy atom. The number of rotatable bonds is 21. The third-order valence-corrected chi connectivity index (χ3v) is 8.59. The highest BCUT2D eigenvalue weighted by Crippen LogP contribution is 2.37. The Kier molecular flexibility index (Phi) is 18.8. The molecule has 0 aliphatic rings. The number of unbranched alkanes of at least 4 members (excludes halogenated alkanes) is 12. The van der Waals surface area contributed by atoms with Gasteiger partial charge >= 0.3 is 0 Å². The van der Waals surface area contributed by atoms with Crippen LogP contribution in [0.15, 0.2) is 91.0 Å². The first kappa shape index (κ1) is 34.0. The first-order chi connectivity index (χ1) is 18.8. The summed E-state index contributed by atoms with van der Waals surface area (Å²) in [5.74, 6) is 0. The molecule has 0 aromatic heterocycles. The third-order valence-electron chi connectivity index (χ3n) is 8.18. The second kappa shape index (κ2) is 21.6. The Morgan fingerprint density at radius 2 is 0.667 bits per heavy atom. The van der Waals surface area contributed by atoms with Crippen molar-refractivity contribution in [2.45, 2.75) is 109 Å². The number of benzene rings is 3. The van der Waals surface area contributed by atoms with Gasteiger partial charge in [0.15, 0.2) is 0 Å². The van der Waals surface area contributed by atoms with Gasteiger partial charge in [-0.3, -0.25) is 0 Å². The van der Waals surface area contributed by atoms with Gasteiger partial charge in [0.2, 0.25) is 0 Å². The molecule has 2 heteroatoms. The largest absolute Gasteiger partial charge is 0.138 e. The summed E-state index contributed by atoms with van der Waals surface area (Å²) in [6, 6.07) is 33.6. The molecule has 0 bridgehead atoms. The first-order valence-corrected chi connectivity index (χ1v) is 16.4. The van der Waals surface area contributed by atoms with Gasteiger partial charge in [-0.25, -0.2) is 0 Å². The zero-order chi connectivity index (χ0) is 26.6. The summed E-state index contributed by atoms with van der Waals surface area (Å²) < 4.78 is 0. The summed E-state index contributed by atoms with van der Waals surface area (Å²) in [4.78, 5) is 0. The summed E-state index contributed by atoms with van der Waals surface area (Å²) >= 11 is 0. The summed E-state index contributed by atoms with van der Waals surface area (Å²) in [5.41, 5.74) is 4.68. The molecule has 0 aliphatic heterocycles. The smallest absolute Gasteiger partial charge is 0.0176 e. The number of halogens is 1. The highest BCUT2D eigenvalue weighted by atomic mass is 127. The van der Waals surface area contributed by atoms with Crippen molar-refractivity contribution in [1.29, 1.82) is 0 Å². The fraction of sp³-hybridized carbons (Fsp3) is 0.514. The Morgan fingerprint density at radius 1 is 0.385 bits per heavy atom. The van der Waals surface area contributed by atoms with E-state index in [2.05, 4.69) is 100 Å². The van der Waals surface area contributed by atoms with Gasteiger partial charge in [0.25, 0.3) is 0 Å². The van der Waals surface area contributed by atoms with E-state index in [-0.39, 0.29) is 29.4 Å². The quantitative estimate of drug-likeness (QED) is 0.0608. The van der Waals surface area contributed by atoms with Crippen LogP contribution in [-0.2, 0) is 19.3 Å². The van der Waals surface area contributed by atoms with Gasteiger partial charge in [0.1, 0.15) is 0 Å². The maximum atomic E-state index is 2.85. The third kappa shape index (κ3) is 14.9. The number of hydrogen-bond donors (Lipinski definition) is 0. The SMILES string of the molecule is I.PCCCCCCCCCCCCCCCC(Cc1ccccc1)(Cc1ccccc1)Cc1ccccc1. The lowest BCUT2D eigenvalue weighted by Crippen LogP contribution is -2.30. The van der Waals surface area contributed by atoms with Crippen LogP contribution in [0.1, 0.15) is 107 Å². The summed E-state index contributed by atoms with van der Waals surface area (Å²) in [7, 11) is 2.85. The van der Waals surface area contributed by atoms with Gasteiger partial charge in [0, 0.05) is 0 Å². The highest BCUT2D eigenvalue weighted by Gasteiger charge is 2.30. The summed E-state index contributed by atoms with van der Waals surface area (Å²) in [5, 5.41) is 0. The molecule has 0 amide bonds. The van der Waals surface area contributed by atoms with Crippen molar-refractivity contribution in [1.82, 2.24) is 0 Å². The van der Waals surface area contributed by atoms with Gasteiger partial charge in [-0.05, 0) is 60.4 Å². The van der Waals surface area contributed by atoms with E-state index in [9.17, 15) is 0 Å². The molecule has 3 aromatic rings. The standard InChI is InChI=1S/C37H53P.HI/c38-30-22-11-9-7-5-3-1-2-4-6-8-10-21-29-37(31-34-23-15-12-16-24-34,32-35-25-17-13-18-26-35)33-36-27-19-14-20-28-36;/h12-20,23-28H,1-11,21-22,29-33,38H2;1H. The topological polar surface area (TPSA) is 0 Å². The molecule has 0 heterocycles. The fourth-order valence-electron chi connectivity index (χ4n) is 6.13. The molecule has 0 saturated heterocycles. The van der Waals surface area contributed by atoms with Crippen LogP contribution in [0.2, 0.25) is 0 Å². The molecule has 1 atom stereocenters. The van der Waals surface area contributed by atoms with Crippen molar-refractivity contribution in [3.8, 4) is 0 Å². The van der Waals surface area contributed by atoms with E-state index in [1.807, 2.05) is 0 Å². The number of hydrogen-bond acceptors (Lipinski definition) is 0. The molecule has 1 unspecified atom stereocenters. The minimum absolute atomic E-state index is 0. The first-order valence-electron chi connectivity index (χ1n) is 15.6. The maximum absolute atomic E-state index is 2.85. The van der Waals surface area contributed by atoms with Crippen LogP contribution in [0.5, 0.6) is 0 Å². The van der Waals surface area contributed by atoms with Crippen LogP contribution in [0.3, 0.4) is 0 Å². The van der Waals surface area contributed by atoms with Crippen LogP contribution >= 0.6 is 33.2 Å². The van der Waals surface area contributed by atoms with Crippen LogP contribution < -0.4 is 0 Å². The van der Waals surface area contributed by atoms with Gasteiger partial charge in [-0.2, -0.15) is 0 Å². The van der Waals surface area contributed by atoms with Crippen LogP contribution in [0, 0.1) is 5.41 Å². The molecule has 3 rings (SSSR count). The van der Waals surface area contributed by atoms with E-state index in [1.165, 1.54) is 113 Å². The molecule has 0 aliphatic carbocycles. The zero-order valence-electron chi connectivity index (χ0n) is 24.4. The molecule has 0 saturated carbocycles. The molecule has 39 heavy (non-hydrogen) atoms. The van der Waals surface area contributed by atoms with E-state index in [0.717, 1.165) is 19.3 Å². The Hall–Kier alpha value is -1.18. The molecule has 0 nitrogen and oxygen atoms in total. The molecule has 3 aromatic carbocycles. The predicted octanol–water partition coefficient (Wildman–Crippen LogP) is 11.7.